The second-order valence-electron chi connectivity index (χ2n) is 5.27. The minimum atomic E-state index is -4.40. The molecule has 9 heteroatoms. The summed E-state index contributed by atoms with van der Waals surface area (Å²) < 4.78 is 41.9. The number of anilines is 1. The summed E-state index contributed by atoms with van der Waals surface area (Å²) in [6.45, 7) is 2.02. The van der Waals surface area contributed by atoms with Crippen LogP contribution >= 0.6 is 0 Å². The topological polar surface area (TPSA) is 67.3 Å². The van der Waals surface area contributed by atoms with E-state index >= 15 is 0 Å². The molecule has 128 valence electrons. The monoisotopic (exact) mass is 332 g/mol. The molecule has 0 radical (unpaired) electrons. The van der Waals surface area contributed by atoms with Crippen molar-refractivity contribution in [1.29, 1.82) is 0 Å². The van der Waals surface area contributed by atoms with E-state index in [1.807, 2.05) is 17.1 Å². The molecular formula is C14H19F3N4O2. The van der Waals surface area contributed by atoms with Crippen molar-refractivity contribution in [1.82, 2.24) is 15.3 Å². The van der Waals surface area contributed by atoms with Crippen molar-refractivity contribution < 1.29 is 22.7 Å². The van der Waals surface area contributed by atoms with Crippen LogP contribution in [-0.4, -0.2) is 48.3 Å². The Bertz CT molecular complexity index is 539. The predicted octanol–water partition coefficient (Wildman–Crippen LogP) is 1.77. The Labute approximate surface area is 132 Å². The summed E-state index contributed by atoms with van der Waals surface area (Å²) in [5.41, 5.74) is 0. The molecule has 0 aromatic carbocycles. The zero-order valence-corrected chi connectivity index (χ0v) is 12.8. The van der Waals surface area contributed by atoms with Crippen LogP contribution in [-0.2, 0) is 4.79 Å². The number of rotatable bonds is 5. The SMILES string of the molecule is CCOc1cc(N2CCCC(C(=O)NCC(F)(F)F)C2)ncn1. The Balaban J connectivity index is 1.97. The first kappa shape index (κ1) is 17.3. The molecule has 1 aliphatic heterocycles. The molecule has 0 spiro atoms. The molecule has 1 N–H and O–H groups in total. The van der Waals surface area contributed by atoms with Crippen LogP contribution in [0.2, 0.25) is 0 Å². The van der Waals surface area contributed by atoms with E-state index in [4.69, 9.17) is 4.74 Å². The van der Waals surface area contributed by atoms with Crippen LogP contribution in [0.3, 0.4) is 0 Å². The van der Waals surface area contributed by atoms with E-state index in [1.165, 1.54) is 6.33 Å². The summed E-state index contributed by atoms with van der Waals surface area (Å²) in [7, 11) is 0. The largest absolute Gasteiger partial charge is 0.478 e. The molecule has 1 atom stereocenters. The normalized spacial score (nSPS) is 18.6. The molecule has 0 saturated carbocycles. The first-order valence-electron chi connectivity index (χ1n) is 7.43. The maximum absolute atomic E-state index is 12.2. The van der Waals surface area contributed by atoms with Crippen molar-refractivity contribution in [2.45, 2.75) is 25.9 Å². The van der Waals surface area contributed by atoms with E-state index < -0.39 is 24.5 Å². The quantitative estimate of drug-likeness (QED) is 0.890. The van der Waals surface area contributed by atoms with Crippen molar-refractivity contribution in [2.24, 2.45) is 5.92 Å². The molecular weight excluding hydrogens is 313 g/mol. The number of carbonyl (C=O) groups excluding carboxylic acids is 1. The highest BCUT2D eigenvalue weighted by molar-refractivity contribution is 5.79. The lowest BCUT2D eigenvalue weighted by atomic mass is 9.97. The Kier molecular flexibility index (Phi) is 5.62. The Morgan fingerprint density at radius 3 is 2.96 bits per heavy atom. The van der Waals surface area contributed by atoms with Gasteiger partial charge >= 0.3 is 6.18 Å². The number of piperidine rings is 1. The Morgan fingerprint density at radius 1 is 1.48 bits per heavy atom. The van der Waals surface area contributed by atoms with Crippen LogP contribution in [0.4, 0.5) is 19.0 Å². The van der Waals surface area contributed by atoms with Crippen molar-refractivity contribution in [3.8, 4) is 5.88 Å². The molecule has 0 bridgehead atoms. The maximum atomic E-state index is 12.2. The minimum absolute atomic E-state index is 0.326. The lowest BCUT2D eigenvalue weighted by Crippen LogP contribution is -2.45. The minimum Gasteiger partial charge on any atom is -0.478 e. The fraction of sp³-hybridized carbons (Fsp3) is 0.643. The number of amides is 1. The third-order valence-corrected chi connectivity index (χ3v) is 3.50. The van der Waals surface area contributed by atoms with Crippen molar-refractivity contribution >= 4 is 11.7 Å². The molecule has 1 aromatic rings. The van der Waals surface area contributed by atoms with Gasteiger partial charge in [-0.25, -0.2) is 9.97 Å². The fourth-order valence-electron chi connectivity index (χ4n) is 2.46. The smallest absolute Gasteiger partial charge is 0.405 e. The number of carbonyl (C=O) groups is 1. The van der Waals surface area contributed by atoms with Crippen molar-refractivity contribution in [2.75, 3.05) is 31.1 Å². The van der Waals surface area contributed by atoms with Gasteiger partial charge in [0.1, 0.15) is 18.7 Å². The van der Waals surface area contributed by atoms with Gasteiger partial charge in [-0.15, -0.1) is 0 Å². The van der Waals surface area contributed by atoms with E-state index in [0.717, 1.165) is 0 Å². The molecule has 1 unspecified atom stereocenters. The fourth-order valence-corrected chi connectivity index (χ4v) is 2.46. The van der Waals surface area contributed by atoms with E-state index in [-0.39, 0.29) is 0 Å². The number of alkyl halides is 3. The Morgan fingerprint density at radius 2 is 2.26 bits per heavy atom. The molecule has 6 nitrogen and oxygen atoms in total. The van der Waals surface area contributed by atoms with E-state index in [1.54, 1.807) is 6.07 Å². The number of nitrogens with one attached hydrogen (secondary N) is 1. The highest BCUT2D eigenvalue weighted by Gasteiger charge is 2.31. The number of nitrogens with zero attached hydrogens (tertiary/aromatic N) is 3. The van der Waals surface area contributed by atoms with Crippen LogP contribution in [0.25, 0.3) is 0 Å². The molecule has 1 aliphatic rings. The van der Waals surface area contributed by atoms with E-state index in [2.05, 4.69) is 9.97 Å². The van der Waals surface area contributed by atoms with E-state index in [9.17, 15) is 18.0 Å². The van der Waals surface area contributed by atoms with Crippen LogP contribution in [0.5, 0.6) is 5.88 Å². The second-order valence-corrected chi connectivity index (χ2v) is 5.27. The second kappa shape index (κ2) is 7.47. The van der Waals surface area contributed by atoms with Gasteiger partial charge in [-0.1, -0.05) is 0 Å². The molecule has 2 heterocycles. The molecule has 23 heavy (non-hydrogen) atoms. The third kappa shape index (κ3) is 5.26. The average molecular weight is 332 g/mol. The summed E-state index contributed by atoms with van der Waals surface area (Å²) >= 11 is 0. The zero-order valence-electron chi connectivity index (χ0n) is 12.8. The van der Waals surface area contributed by atoms with Gasteiger partial charge in [-0.05, 0) is 19.8 Å². The first-order chi connectivity index (χ1) is 10.9. The lowest BCUT2D eigenvalue weighted by molar-refractivity contribution is -0.140. The number of hydrogen-bond acceptors (Lipinski definition) is 5. The molecule has 1 fully saturated rings. The number of ether oxygens (including phenoxy) is 1. The van der Waals surface area contributed by atoms with Gasteiger partial charge in [0.2, 0.25) is 11.8 Å². The van der Waals surface area contributed by atoms with Gasteiger partial charge in [0.15, 0.2) is 0 Å². The van der Waals surface area contributed by atoms with Gasteiger partial charge in [0.25, 0.3) is 0 Å². The van der Waals surface area contributed by atoms with Crippen molar-refractivity contribution in [3.05, 3.63) is 12.4 Å². The summed E-state index contributed by atoms with van der Waals surface area (Å²) in [5.74, 6) is -0.0272. The highest BCUT2D eigenvalue weighted by Crippen LogP contribution is 2.24. The number of aromatic nitrogens is 2. The predicted molar refractivity (Wildman–Crippen MR) is 77.2 cm³/mol. The standard InChI is InChI=1S/C14H19F3N4O2/c1-2-23-12-6-11(19-9-20-12)21-5-3-4-10(7-21)13(22)18-8-14(15,16)17/h6,9-10H,2-5,7-8H2,1H3,(H,18,22). The lowest BCUT2D eigenvalue weighted by Gasteiger charge is -2.32. The number of hydrogen-bond donors (Lipinski definition) is 1. The van der Waals surface area contributed by atoms with Crippen LogP contribution < -0.4 is 15.0 Å². The molecule has 1 aromatic heterocycles. The average Bonchev–Trinajstić information content (AvgIpc) is 2.53. The summed E-state index contributed by atoms with van der Waals surface area (Å²) in [6, 6.07) is 1.67. The summed E-state index contributed by atoms with van der Waals surface area (Å²) in [4.78, 5) is 21.9. The van der Waals surface area contributed by atoms with Gasteiger partial charge in [-0.2, -0.15) is 13.2 Å². The van der Waals surface area contributed by atoms with Gasteiger partial charge in [0.05, 0.1) is 12.5 Å². The summed E-state index contributed by atoms with van der Waals surface area (Å²) in [6.07, 6.45) is -1.77. The van der Waals surface area contributed by atoms with Gasteiger partial charge < -0.3 is 15.0 Å². The first-order valence-corrected chi connectivity index (χ1v) is 7.43. The number of halogens is 3. The van der Waals surface area contributed by atoms with Crippen molar-refractivity contribution in [3.63, 3.8) is 0 Å². The molecule has 1 amide bonds. The highest BCUT2D eigenvalue weighted by atomic mass is 19.4. The van der Waals surface area contributed by atoms with Gasteiger partial charge in [-0.3, -0.25) is 4.79 Å². The molecule has 2 rings (SSSR count). The van der Waals surface area contributed by atoms with Crippen LogP contribution in [0.15, 0.2) is 12.4 Å². The maximum Gasteiger partial charge on any atom is 0.405 e. The summed E-state index contributed by atoms with van der Waals surface area (Å²) in [5, 5.41) is 1.95. The molecule has 0 aliphatic carbocycles. The van der Waals surface area contributed by atoms with Crippen LogP contribution in [0.1, 0.15) is 19.8 Å². The van der Waals surface area contributed by atoms with E-state index in [0.29, 0.717) is 44.2 Å². The Hall–Kier alpha value is -2.06. The molecule has 1 saturated heterocycles. The zero-order chi connectivity index (χ0) is 16.9. The van der Waals surface area contributed by atoms with Crippen LogP contribution in [0, 0.1) is 5.92 Å². The third-order valence-electron chi connectivity index (χ3n) is 3.50. The van der Waals surface area contributed by atoms with Gasteiger partial charge in [0, 0.05) is 19.2 Å².